The average Bonchev–Trinajstić information content (AvgIpc) is 2.35. The fourth-order valence-corrected chi connectivity index (χ4v) is 1.26. The first-order valence-corrected chi connectivity index (χ1v) is 4.91. The number of para-hydroxylation sites is 1. The molecule has 96 valence electrons. The molecule has 0 saturated carbocycles. The van der Waals surface area contributed by atoms with Gasteiger partial charge < -0.3 is 5.73 Å². The lowest BCUT2D eigenvalue weighted by Gasteiger charge is -2.00. The summed E-state index contributed by atoms with van der Waals surface area (Å²) in [7, 11) is 0. The van der Waals surface area contributed by atoms with Crippen molar-refractivity contribution in [2.45, 2.75) is 0 Å². The molecule has 1 aromatic rings. The number of carbonyl (C=O) groups is 2. The Morgan fingerprint density at radius 1 is 1.42 bits per heavy atom. The molecule has 0 heterocycles. The van der Waals surface area contributed by atoms with Crippen LogP contribution in [0.4, 0.5) is 10.5 Å². The van der Waals surface area contributed by atoms with Crippen molar-refractivity contribution in [3.63, 3.8) is 0 Å². The summed E-state index contributed by atoms with van der Waals surface area (Å²) in [6.07, 6.45) is 1.01. The van der Waals surface area contributed by atoms with Crippen LogP contribution < -0.4 is 11.1 Å². The van der Waals surface area contributed by atoms with Crippen molar-refractivity contribution in [1.29, 1.82) is 5.26 Å². The van der Waals surface area contributed by atoms with Gasteiger partial charge in [0.2, 0.25) is 0 Å². The molecule has 0 unspecified atom stereocenters. The van der Waals surface area contributed by atoms with Crippen LogP contribution >= 0.6 is 0 Å². The minimum atomic E-state index is -1.12. The zero-order valence-corrected chi connectivity index (χ0v) is 9.49. The third-order valence-corrected chi connectivity index (χ3v) is 2.04. The Hall–Kier alpha value is -3.21. The topological polar surface area (TPSA) is 139 Å². The van der Waals surface area contributed by atoms with Gasteiger partial charge in [-0.15, -0.1) is 0 Å². The number of nitrogens with one attached hydrogen (secondary N) is 1. The molecule has 19 heavy (non-hydrogen) atoms. The van der Waals surface area contributed by atoms with Crippen LogP contribution in [0.5, 0.6) is 0 Å². The van der Waals surface area contributed by atoms with E-state index in [1.165, 1.54) is 24.3 Å². The summed E-state index contributed by atoms with van der Waals surface area (Å²) in [5.41, 5.74) is 4.09. The minimum Gasteiger partial charge on any atom is -0.351 e. The third kappa shape index (κ3) is 3.64. The first-order chi connectivity index (χ1) is 8.95. The SMILES string of the molecule is N#C/C(=C/c1ccccc1[N+](=O)[O-])C(=O)NC(N)=O. The van der Waals surface area contributed by atoms with Gasteiger partial charge in [-0.1, -0.05) is 12.1 Å². The first-order valence-electron chi connectivity index (χ1n) is 4.91. The average molecular weight is 260 g/mol. The molecule has 0 fully saturated rings. The number of rotatable bonds is 3. The van der Waals surface area contributed by atoms with E-state index in [4.69, 9.17) is 11.0 Å². The van der Waals surface area contributed by atoms with Crippen LogP contribution in [0, 0.1) is 21.4 Å². The molecule has 8 nitrogen and oxygen atoms in total. The quantitative estimate of drug-likeness (QED) is 0.356. The molecule has 0 aliphatic rings. The van der Waals surface area contributed by atoms with E-state index in [0.717, 1.165) is 6.08 Å². The number of hydrogen-bond donors (Lipinski definition) is 2. The molecule has 8 heteroatoms. The van der Waals surface area contributed by atoms with Gasteiger partial charge in [0.05, 0.1) is 10.5 Å². The standard InChI is InChI=1S/C11H8N4O4/c12-6-8(10(16)14-11(13)17)5-7-3-1-2-4-9(7)15(18)19/h1-5H,(H3,13,14,16,17)/b8-5-. The lowest BCUT2D eigenvalue weighted by atomic mass is 10.1. The molecule has 1 aromatic carbocycles. The highest BCUT2D eigenvalue weighted by Crippen LogP contribution is 2.20. The maximum absolute atomic E-state index is 11.4. The van der Waals surface area contributed by atoms with E-state index in [1.807, 2.05) is 0 Å². The fourth-order valence-electron chi connectivity index (χ4n) is 1.26. The number of nitrogens with two attached hydrogens (primary N) is 1. The van der Waals surface area contributed by atoms with Crippen LogP contribution in [0.2, 0.25) is 0 Å². The smallest absolute Gasteiger partial charge is 0.319 e. The Kier molecular flexibility index (Phi) is 4.32. The molecule has 0 spiro atoms. The van der Waals surface area contributed by atoms with Crippen molar-refractivity contribution in [2.24, 2.45) is 5.73 Å². The maximum atomic E-state index is 11.4. The molecular weight excluding hydrogens is 252 g/mol. The van der Waals surface area contributed by atoms with Crippen LogP contribution in [0.3, 0.4) is 0 Å². The molecule has 1 rings (SSSR count). The zero-order valence-electron chi connectivity index (χ0n) is 9.49. The lowest BCUT2D eigenvalue weighted by Crippen LogP contribution is -2.35. The van der Waals surface area contributed by atoms with Gasteiger partial charge in [0.15, 0.2) is 0 Å². The van der Waals surface area contributed by atoms with Gasteiger partial charge in [0, 0.05) is 6.07 Å². The summed E-state index contributed by atoms with van der Waals surface area (Å²) >= 11 is 0. The van der Waals surface area contributed by atoms with Gasteiger partial charge >= 0.3 is 6.03 Å². The molecule has 0 bridgehead atoms. The minimum absolute atomic E-state index is 0.0728. The van der Waals surface area contributed by atoms with E-state index in [-0.39, 0.29) is 11.3 Å². The summed E-state index contributed by atoms with van der Waals surface area (Å²) < 4.78 is 0. The number of nitro groups is 1. The molecule has 3 amide bonds. The van der Waals surface area contributed by atoms with Crippen LogP contribution in [0.1, 0.15) is 5.56 Å². The fraction of sp³-hybridized carbons (Fsp3) is 0. The Bertz CT molecular complexity index is 615. The Balaban J connectivity index is 3.19. The normalized spacial score (nSPS) is 10.4. The summed E-state index contributed by atoms with van der Waals surface area (Å²) in [5, 5.41) is 21.3. The Morgan fingerprint density at radius 2 is 2.05 bits per heavy atom. The van der Waals surface area contributed by atoms with E-state index in [9.17, 15) is 19.7 Å². The second-order valence-electron chi connectivity index (χ2n) is 3.30. The molecule has 0 atom stereocenters. The van der Waals surface area contributed by atoms with Crippen molar-refractivity contribution in [3.8, 4) is 6.07 Å². The highest BCUT2D eigenvalue weighted by molar-refractivity contribution is 6.08. The monoisotopic (exact) mass is 260 g/mol. The summed E-state index contributed by atoms with van der Waals surface area (Å²) in [6, 6.07) is 5.98. The van der Waals surface area contributed by atoms with Crippen molar-refractivity contribution in [1.82, 2.24) is 5.32 Å². The molecule has 3 N–H and O–H groups in total. The number of primary amides is 1. The van der Waals surface area contributed by atoms with Crippen LogP contribution in [0.25, 0.3) is 6.08 Å². The Morgan fingerprint density at radius 3 is 2.58 bits per heavy atom. The number of hydrogen-bond acceptors (Lipinski definition) is 5. The van der Waals surface area contributed by atoms with Gasteiger partial charge in [-0.05, 0) is 12.1 Å². The molecule has 0 aromatic heterocycles. The number of nitro benzene ring substituents is 1. The summed E-state index contributed by atoms with van der Waals surface area (Å²) in [5.74, 6) is -1.02. The van der Waals surface area contributed by atoms with E-state index in [0.29, 0.717) is 0 Å². The van der Waals surface area contributed by atoms with Gasteiger partial charge in [0.25, 0.3) is 11.6 Å². The van der Waals surface area contributed by atoms with Crippen molar-refractivity contribution >= 4 is 23.7 Å². The third-order valence-electron chi connectivity index (χ3n) is 2.04. The van der Waals surface area contributed by atoms with Gasteiger partial charge in [-0.25, -0.2) is 4.79 Å². The lowest BCUT2D eigenvalue weighted by molar-refractivity contribution is -0.385. The van der Waals surface area contributed by atoms with E-state index in [1.54, 1.807) is 11.4 Å². The summed E-state index contributed by atoms with van der Waals surface area (Å²) in [6.45, 7) is 0. The Labute approximate surface area is 107 Å². The number of imide groups is 1. The molecule has 0 aliphatic heterocycles. The molecule has 0 saturated heterocycles. The largest absolute Gasteiger partial charge is 0.351 e. The second kappa shape index (κ2) is 5.92. The maximum Gasteiger partial charge on any atom is 0.319 e. The number of nitrogens with zero attached hydrogens (tertiary/aromatic N) is 2. The predicted octanol–water partition coefficient (Wildman–Crippen LogP) is 0.697. The van der Waals surface area contributed by atoms with E-state index < -0.39 is 22.4 Å². The van der Waals surface area contributed by atoms with Crippen LogP contribution in [-0.4, -0.2) is 16.9 Å². The number of nitriles is 1. The molecule has 0 aliphatic carbocycles. The molecular formula is C11H8N4O4. The van der Waals surface area contributed by atoms with Crippen molar-refractivity contribution in [2.75, 3.05) is 0 Å². The number of benzene rings is 1. The van der Waals surface area contributed by atoms with Gasteiger partial charge in [0.1, 0.15) is 11.6 Å². The number of amides is 3. The van der Waals surface area contributed by atoms with Gasteiger partial charge in [-0.2, -0.15) is 5.26 Å². The number of urea groups is 1. The van der Waals surface area contributed by atoms with Crippen molar-refractivity contribution < 1.29 is 14.5 Å². The highest BCUT2D eigenvalue weighted by atomic mass is 16.6. The van der Waals surface area contributed by atoms with Crippen LogP contribution in [-0.2, 0) is 4.79 Å². The molecule has 0 radical (unpaired) electrons. The zero-order chi connectivity index (χ0) is 14.4. The first kappa shape index (κ1) is 13.9. The highest BCUT2D eigenvalue weighted by Gasteiger charge is 2.15. The van der Waals surface area contributed by atoms with Crippen LogP contribution in [0.15, 0.2) is 29.8 Å². The van der Waals surface area contributed by atoms with E-state index >= 15 is 0 Å². The van der Waals surface area contributed by atoms with E-state index in [2.05, 4.69) is 0 Å². The number of carbonyl (C=O) groups excluding carboxylic acids is 2. The van der Waals surface area contributed by atoms with Gasteiger partial charge in [-0.3, -0.25) is 20.2 Å². The van der Waals surface area contributed by atoms with Crippen molar-refractivity contribution in [3.05, 3.63) is 45.5 Å². The summed E-state index contributed by atoms with van der Waals surface area (Å²) in [4.78, 5) is 32.0. The second-order valence-corrected chi connectivity index (χ2v) is 3.30. The predicted molar refractivity (Wildman–Crippen MR) is 64.4 cm³/mol.